The number of aliphatic carboxylic acids is 1. The maximum atomic E-state index is 11.5. The summed E-state index contributed by atoms with van der Waals surface area (Å²) in [7, 11) is 1.52. The lowest BCUT2D eigenvalue weighted by Crippen LogP contribution is -2.44. The Morgan fingerprint density at radius 2 is 1.71 bits per heavy atom. The van der Waals surface area contributed by atoms with Crippen molar-refractivity contribution < 1.29 is 14.7 Å². The normalized spacial score (nSPS) is 11.0. The zero-order valence-corrected chi connectivity index (χ0v) is 14.1. The Kier molecular flexibility index (Phi) is 20.8. The van der Waals surface area contributed by atoms with Crippen molar-refractivity contribution in [3.8, 4) is 0 Å². The topological polar surface area (TPSA) is 78.4 Å². The number of hydrogen-bond acceptors (Lipinski definition) is 3. The molecule has 0 radical (unpaired) electrons. The van der Waals surface area contributed by atoms with Gasteiger partial charge in [0.2, 0.25) is 0 Å². The fraction of sp³-hybridized carbons (Fsp3) is 0.500. The van der Waals surface area contributed by atoms with Gasteiger partial charge in [0.1, 0.15) is 6.04 Å². The van der Waals surface area contributed by atoms with Crippen LogP contribution in [0.4, 0.5) is 0 Å². The molecule has 0 spiro atoms. The van der Waals surface area contributed by atoms with Crippen LogP contribution in [0.3, 0.4) is 0 Å². The highest BCUT2D eigenvalue weighted by molar-refractivity contribution is 5.95. The van der Waals surface area contributed by atoms with Crippen LogP contribution in [-0.4, -0.2) is 36.6 Å². The lowest BCUT2D eigenvalue weighted by molar-refractivity contribution is -0.139. The summed E-state index contributed by atoms with van der Waals surface area (Å²) in [6, 6.07) is -0.800. The van der Waals surface area contributed by atoms with Crippen LogP contribution in [0.25, 0.3) is 0 Å². The predicted octanol–water partition coefficient (Wildman–Crippen LogP) is 2.52. The van der Waals surface area contributed by atoms with E-state index in [-0.39, 0.29) is 18.0 Å². The molecule has 0 aliphatic rings. The molecule has 0 saturated heterocycles. The average molecular weight is 298 g/mol. The summed E-state index contributed by atoms with van der Waals surface area (Å²) in [5.41, 5.74) is 0.281. The van der Waals surface area contributed by atoms with E-state index < -0.39 is 12.0 Å². The smallest absolute Gasteiger partial charge is 0.322 e. The first-order valence-corrected chi connectivity index (χ1v) is 7.19. The van der Waals surface area contributed by atoms with Crippen LogP contribution in [0.5, 0.6) is 0 Å². The lowest BCUT2D eigenvalue weighted by Gasteiger charge is -2.11. The molecule has 1 amide bonds. The highest BCUT2D eigenvalue weighted by atomic mass is 16.4. The maximum absolute atomic E-state index is 11.5. The van der Waals surface area contributed by atoms with Gasteiger partial charge in [-0.1, -0.05) is 58.6 Å². The minimum Gasteiger partial charge on any atom is -0.480 e. The predicted molar refractivity (Wildman–Crippen MR) is 89.3 cm³/mol. The van der Waals surface area contributed by atoms with Crippen molar-refractivity contribution >= 4 is 11.9 Å². The molecule has 0 unspecified atom stereocenters. The minimum absolute atomic E-state index is 0.0150. The maximum Gasteiger partial charge on any atom is 0.322 e. The second-order valence-corrected chi connectivity index (χ2v) is 3.30. The molecule has 0 fully saturated rings. The largest absolute Gasteiger partial charge is 0.480 e. The number of nitrogens with one attached hydrogen (secondary N) is 2. The summed E-state index contributed by atoms with van der Waals surface area (Å²) in [6.07, 6.45) is 6.84. The first-order valence-electron chi connectivity index (χ1n) is 7.19. The van der Waals surface area contributed by atoms with Gasteiger partial charge in [-0.2, -0.15) is 0 Å². The van der Waals surface area contributed by atoms with Crippen LogP contribution in [0.2, 0.25) is 0 Å². The Bertz CT molecular complexity index is 347. The Hall–Kier alpha value is -1.88. The van der Waals surface area contributed by atoms with E-state index in [9.17, 15) is 9.59 Å². The second kappa shape index (κ2) is 18.1. The van der Waals surface area contributed by atoms with E-state index >= 15 is 0 Å². The molecule has 0 bridgehead atoms. The van der Waals surface area contributed by atoms with Crippen LogP contribution < -0.4 is 10.6 Å². The molecule has 0 heterocycles. The number of carbonyl (C=O) groups excluding carboxylic acids is 1. The highest BCUT2D eigenvalue weighted by Crippen LogP contribution is 1.94. The van der Waals surface area contributed by atoms with E-state index in [1.165, 1.54) is 7.05 Å². The van der Waals surface area contributed by atoms with E-state index in [2.05, 4.69) is 17.2 Å². The average Bonchev–Trinajstić information content (AvgIpc) is 2.51. The third-order valence-corrected chi connectivity index (χ3v) is 2.01. The van der Waals surface area contributed by atoms with E-state index in [4.69, 9.17) is 5.11 Å². The summed E-state index contributed by atoms with van der Waals surface area (Å²) < 4.78 is 0. The molecule has 0 aromatic rings. The number of likely N-dealkylation sites (N-methyl/N-ethyl adjacent to an activating group) is 1. The van der Waals surface area contributed by atoms with Crippen LogP contribution in [-0.2, 0) is 9.59 Å². The Morgan fingerprint density at radius 3 is 2.10 bits per heavy atom. The number of carboxylic acids is 1. The molecule has 0 aliphatic heterocycles. The van der Waals surface area contributed by atoms with Gasteiger partial charge in [0.15, 0.2) is 0 Å². The highest BCUT2D eigenvalue weighted by Gasteiger charge is 2.15. The number of rotatable bonds is 7. The first-order chi connectivity index (χ1) is 10.0. The molecule has 21 heavy (non-hydrogen) atoms. The molecule has 5 nitrogen and oxygen atoms in total. The third-order valence-electron chi connectivity index (χ3n) is 2.01. The molecule has 0 rings (SSSR count). The number of hydrogen-bond donors (Lipinski definition) is 3. The SMILES string of the molecule is C=C(/C=C\C=C\C)C(=O)NC[C@@H](NC)C(=O)O.CC.CC. The van der Waals surface area contributed by atoms with Crippen molar-refractivity contribution in [1.29, 1.82) is 0 Å². The number of amides is 1. The van der Waals surface area contributed by atoms with Crippen LogP contribution in [0.1, 0.15) is 34.6 Å². The van der Waals surface area contributed by atoms with Gasteiger partial charge in [0.05, 0.1) is 0 Å². The molecular weight excluding hydrogens is 268 g/mol. The van der Waals surface area contributed by atoms with Crippen molar-refractivity contribution in [2.24, 2.45) is 0 Å². The summed E-state index contributed by atoms with van der Waals surface area (Å²) in [5.74, 6) is -1.39. The number of carbonyl (C=O) groups is 2. The van der Waals surface area contributed by atoms with Crippen molar-refractivity contribution in [3.05, 3.63) is 36.5 Å². The summed E-state index contributed by atoms with van der Waals surface area (Å²) in [6.45, 7) is 13.4. The van der Waals surface area contributed by atoms with Crippen molar-refractivity contribution in [3.63, 3.8) is 0 Å². The minimum atomic E-state index is -1.01. The molecule has 0 aliphatic carbocycles. The quantitative estimate of drug-likeness (QED) is 0.498. The molecule has 0 aromatic carbocycles. The van der Waals surface area contributed by atoms with Crippen LogP contribution >= 0.6 is 0 Å². The van der Waals surface area contributed by atoms with E-state index in [0.717, 1.165) is 0 Å². The van der Waals surface area contributed by atoms with Gasteiger partial charge in [-0.3, -0.25) is 9.59 Å². The van der Waals surface area contributed by atoms with Gasteiger partial charge in [0.25, 0.3) is 5.91 Å². The van der Waals surface area contributed by atoms with Crippen LogP contribution in [0.15, 0.2) is 36.5 Å². The summed E-state index contributed by atoms with van der Waals surface area (Å²) in [5, 5.41) is 13.8. The lowest BCUT2D eigenvalue weighted by atomic mass is 10.2. The molecule has 1 atom stereocenters. The van der Waals surface area contributed by atoms with Gasteiger partial charge in [-0.15, -0.1) is 0 Å². The van der Waals surface area contributed by atoms with Gasteiger partial charge in [0, 0.05) is 12.1 Å². The standard InChI is InChI=1S/C12H18N2O3.2C2H6/c1-4-5-6-7-9(2)11(15)14-8-10(13-3)12(16)17;2*1-2/h4-7,10,13H,2,8H2,1,3H3,(H,14,15)(H,16,17);2*1-2H3/b5-4+,7-6-;;/t10-;;/m1../s1. The van der Waals surface area contributed by atoms with Gasteiger partial charge in [-0.25, -0.2) is 0 Å². The third kappa shape index (κ3) is 14.3. The molecular formula is C16H30N2O3. The molecule has 3 N–H and O–H groups in total. The zero-order chi connectivity index (χ0) is 17.3. The van der Waals surface area contributed by atoms with E-state index in [1.54, 1.807) is 18.2 Å². The Morgan fingerprint density at radius 1 is 1.19 bits per heavy atom. The monoisotopic (exact) mass is 298 g/mol. The van der Waals surface area contributed by atoms with Crippen molar-refractivity contribution in [2.45, 2.75) is 40.7 Å². The fourth-order valence-electron chi connectivity index (χ4n) is 0.980. The van der Waals surface area contributed by atoms with E-state index in [0.29, 0.717) is 0 Å². The van der Waals surface area contributed by atoms with Crippen LogP contribution in [0, 0.1) is 0 Å². The molecule has 122 valence electrons. The number of allylic oxidation sites excluding steroid dienone is 3. The molecule has 0 aromatic heterocycles. The Labute approximate surface area is 128 Å². The van der Waals surface area contributed by atoms with Crippen molar-refractivity contribution in [2.75, 3.05) is 13.6 Å². The van der Waals surface area contributed by atoms with Gasteiger partial charge >= 0.3 is 5.97 Å². The summed E-state index contributed by atoms with van der Waals surface area (Å²) >= 11 is 0. The summed E-state index contributed by atoms with van der Waals surface area (Å²) in [4.78, 5) is 22.1. The van der Waals surface area contributed by atoms with Crippen molar-refractivity contribution in [1.82, 2.24) is 10.6 Å². The Balaban J connectivity index is -0.000000739. The van der Waals surface area contributed by atoms with Gasteiger partial charge in [-0.05, 0) is 14.0 Å². The first kappa shape index (κ1) is 24.2. The van der Waals surface area contributed by atoms with Gasteiger partial charge < -0.3 is 15.7 Å². The zero-order valence-electron chi connectivity index (χ0n) is 14.1. The van der Waals surface area contributed by atoms with E-state index in [1.807, 2.05) is 40.7 Å². The molecule has 5 heteroatoms. The molecule has 0 saturated carbocycles. The number of carboxylic acid groups (broad SMARTS) is 1. The fourth-order valence-corrected chi connectivity index (χ4v) is 0.980. The second-order valence-electron chi connectivity index (χ2n) is 3.30.